The third-order valence-corrected chi connectivity index (χ3v) is 5.56. The number of halogens is 1. The molecule has 4 heteroatoms. The van der Waals surface area contributed by atoms with Crippen molar-refractivity contribution in [2.45, 2.75) is 9.79 Å². The zero-order valence-electron chi connectivity index (χ0n) is 12.1. The number of benzene rings is 3. The predicted octanol–water partition coefficient (Wildman–Crippen LogP) is 5.89. The lowest BCUT2D eigenvalue weighted by molar-refractivity contribution is 0.0997. The molecule has 0 radical (unpaired) electrons. The summed E-state index contributed by atoms with van der Waals surface area (Å²) in [5.41, 5.74) is 2.51. The summed E-state index contributed by atoms with van der Waals surface area (Å²) in [6.07, 6.45) is 0. The SMILES string of the molecule is O=C(c1ccccc1Br)N1c2ccccc2Sc2ccccc21. The lowest BCUT2D eigenvalue weighted by Crippen LogP contribution is -2.28. The number of anilines is 2. The van der Waals surface area contributed by atoms with Gasteiger partial charge in [-0.3, -0.25) is 9.69 Å². The van der Waals surface area contributed by atoms with Crippen molar-refractivity contribution >= 4 is 45.0 Å². The lowest BCUT2D eigenvalue weighted by Gasteiger charge is -2.31. The van der Waals surface area contributed by atoms with Crippen LogP contribution in [-0.4, -0.2) is 5.91 Å². The molecule has 1 aliphatic rings. The van der Waals surface area contributed by atoms with Crippen LogP contribution in [0.2, 0.25) is 0 Å². The largest absolute Gasteiger partial charge is 0.275 e. The highest BCUT2D eigenvalue weighted by atomic mass is 79.9. The second-order valence-electron chi connectivity index (χ2n) is 5.16. The van der Waals surface area contributed by atoms with E-state index in [9.17, 15) is 4.79 Å². The monoisotopic (exact) mass is 381 g/mol. The molecule has 0 fully saturated rings. The Morgan fingerprint density at radius 3 is 1.91 bits per heavy atom. The molecule has 1 aliphatic heterocycles. The standard InChI is InChI=1S/C19H12BrNOS/c20-14-8-2-1-7-13(14)19(22)21-15-9-3-5-11-17(15)23-18-12-6-4-10-16(18)21/h1-12H. The van der Waals surface area contributed by atoms with Gasteiger partial charge in [0.1, 0.15) is 0 Å². The topological polar surface area (TPSA) is 20.3 Å². The van der Waals surface area contributed by atoms with E-state index >= 15 is 0 Å². The smallest absolute Gasteiger partial charge is 0.264 e. The van der Waals surface area contributed by atoms with E-state index in [0.29, 0.717) is 5.56 Å². The number of fused-ring (bicyclic) bond motifs is 2. The second kappa shape index (κ2) is 5.87. The Morgan fingerprint density at radius 2 is 1.30 bits per heavy atom. The summed E-state index contributed by atoms with van der Waals surface area (Å²) in [6.45, 7) is 0. The van der Waals surface area contributed by atoms with Crippen molar-refractivity contribution in [3.63, 3.8) is 0 Å². The maximum absolute atomic E-state index is 13.2. The zero-order valence-corrected chi connectivity index (χ0v) is 14.5. The summed E-state index contributed by atoms with van der Waals surface area (Å²) in [6, 6.07) is 23.6. The number of carbonyl (C=O) groups is 1. The van der Waals surface area contributed by atoms with Gasteiger partial charge >= 0.3 is 0 Å². The molecule has 112 valence electrons. The van der Waals surface area contributed by atoms with Gasteiger partial charge in [0.15, 0.2) is 0 Å². The van der Waals surface area contributed by atoms with Crippen LogP contribution < -0.4 is 4.90 Å². The molecule has 0 bridgehead atoms. The van der Waals surface area contributed by atoms with Gasteiger partial charge in [0.2, 0.25) is 0 Å². The minimum Gasteiger partial charge on any atom is -0.275 e. The van der Waals surface area contributed by atoms with Crippen molar-refractivity contribution in [3.05, 3.63) is 82.8 Å². The Bertz CT molecular complexity index is 864. The summed E-state index contributed by atoms with van der Waals surface area (Å²) in [7, 11) is 0. The minimum atomic E-state index is -0.0299. The Hall–Kier alpha value is -2.04. The first-order chi connectivity index (χ1) is 11.3. The third kappa shape index (κ3) is 2.48. The average Bonchev–Trinajstić information content (AvgIpc) is 2.59. The first kappa shape index (κ1) is 14.5. The number of para-hydroxylation sites is 2. The van der Waals surface area contributed by atoms with Crippen LogP contribution >= 0.6 is 27.7 Å². The van der Waals surface area contributed by atoms with Gasteiger partial charge in [0, 0.05) is 14.3 Å². The van der Waals surface area contributed by atoms with Crippen LogP contribution in [0.15, 0.2) is 87.1 Å². The summed E-state index contributed by atoms with van der Waals surface area (Å²) >= 11 is 5.19. The fourth-order valence-electron chi connectivity index (χ4n) is 2.68. The number of carbonyl (C=O) groups excluding carboxylic acids is 1. The van der Waals surface area contributed by atoms with E-state index < -0.39 is 0 Å². The molecule has 0 N–H and O–H groups in total. The Morgan fingerprint density at radius 1 is 0.783 bits per heavy atom. The normalized spacial score (nSPS) is 12.5. The van der Waals surface area contributed by atoms with Crippen molar-refractivity contribution in [1.82, 2.24) is 0 Å². The molecular weight excluding hydrogens is 370 g/mol. The molecule has 0 aliphatic carbocycles. The molecule has 0 spiro atoms. The van der Waals surface area contributed by atoms with E-state index in [0.717, 1.165) is 25.6 Å². The Kier molecular flexibility index (Phi) is 3.71. The minimum absolute atomic E-state index is 0.0299. The summed E-state index contributed by atoms with van der Waals surface area (Å²) in [5, 5.41) is 0. The maximum Gasteiger partial charge on any atom is 0.264 e. The Balaban J connectivity index is 1.91. The van der Waals surface area contributed by atoms with E-state index in [1.54, 1.807) is 16.7 Å². The molecule has 0 unspecified atom stereocenters. The summed E-state index contributed by atoms with van der Waals surface area (Å²) < 4.78 is 0.804. The van der Waals surface area contributed by atoms with E-state index in [1.165, 1.54) is 0 Å². The van der Waals surface area contributed by atoms with E-state index in [1.807, 2.05) is 60.7 Å². The molecule has 1 heterocycles. The van der Waals surface area contributed by atoms with Crippen molar-refractivity contribution in [3.8, 4) is 0 Å². The molecule has 0 aromatic heterocycles. The third-order valence-electron chi connectivity index (χ3n) is 3.74. The molecular formula is C19H12BrNOS. The van der Waals surface area contributed by atoms with Gasteiger partial charge < -0.3 is 0 Å². The molecule has 0 atom stereocenters. The van der Waals surface area contributed by atoms with Crippen LogP contribution in [0.1, 0.15) is 10.4 Å². The Labute approximate surface area is 147 Å². The highest BCUT2D eigenvalue weighted by Gasteiger charge is 2.29. The molecule has 4 rings (SSSR count). The van der Waals surface area contributed by atoms with Gasteiger partial charge in [0.05, 0.1) is 16.9 Å². The molecule has 0 saturated heterocycles. The van der Waals surface area contributed by atoms with Crippen molar-refractivity contribution in [2.24, 2.45) is 0 Å². The number of hydrogen-bond acceptors (Lipinski definition) is 2. The number of hydrogen-bond donors (Lipinski definition) is 0. The molecule has 3 aromatic carbocycles. The van der Waals surface area contributed by atoms with Crippen LogP contribution in [0.4, 0.5) is 11.4 Å². The first-order valence-electron chi connectivity index (χ1n) is 7.20. The van der Waals surface area contributed by atoms with E-state index in [4.69, 9.17) is 0 Å². The number of nitrogens with zero attached hydrogens (tertiary/aromatic N) is 1. The van der Waals surface area contributed by atoms with Crippen molar-refractivity contribution in [2.75, 3.05) is 4.90 Å². The van der Waals surface area contributed by atoms with Crippen molar-refractivity contribution in [1.29, 1.82) is 0 Å². The van der Waals surface area contributed by atoms with Crippen LogP contribution in [-0.2, 0) is 0 Å². The van der Waals surface area contributed by atoms with Gasteiger partial charge in [-0.15, -0.1) is 0 Å². The fraction of sp³-hybridized carbons (Fsp3) is 0. The van der Waals surface area contributed by atoms with Crippen LogP contribution in [0, 0.1) is 0 Å². The maximum atomic E-state index is 13.2. The molecule has 1 amide bonds. The predicted molar refractivity (Wildman–Crippen MR) is 97.6 cm³/mol. The first-order valence-corrected chi connectivity index (χ1v) is 8.81. The summed E-state index contributed by atoms with van der Waals surface area (Å²) in [5.74, 6) is -0.0299. The number of amides is 1. The molecule has 3 aromatic rings. The van der Waals surface area contributed by atoms with Crippen LogP contribution in [0.3, 0.4) is 0 Å². The molecule has 0 saturated carbocycles. The number of rotatable bonds is 1. The van der Waals surface area contributed by atoms with Gasteiger partial charge in [-0.2, -0.15) is 0 Å². The molecule has 23 heavy (non-hydrogen) atoms. The summed E-state index contributed by atoms with van der Waals surface area (Å²) in [4.78, 5) is 17.2. The highest BCUT2D eigenvalue weighted by Crippen LogP contribution is 2.48. The quantitative estimate of drug-likeness (QED) is 0.523. The zero-order chi connectivity index (χ0) is 15.8. The average molecular weight is 382 g/mol. The van der Waals surface area contributed by atoms with Gasteiger partial charge in [-0.1, -0.05) is 48.2 Å². The van der Waals surface area contributed by atoms with Gasteiger partial charge in [-0.05, 0) is 52.3 Å². The van der Waals surface area contributed by atoms with Gasteiger partial charge in [0.25, 0.3) is 5.91 Å². The van der Waals surface area contributed by atoms with Crippen molar-refractivity contribution < 1.29 is 4.79 Å². The molecule has 2 nitrogen and oxygen atoms in total. The van der Waals surface area contributed by atoms with Gasteiger partial charge in [-0.25, -0.2) is 0 Å². The fourth-order valence-corrected chi connectivity index (χ4v) is 4.19. The highest BCUT2D eigenvalue weighted by molar-refractivity contribution is 9.10. The second-order valence-corrected chi connectivity index (χ2v) is 7.10. The van der Waals surface area contributed by atoms with Crippen LogP contribution in [0.25, 0.3) is 0 Å². The van der Waals surface area contributed by atoms with E-state index in [-0.39, 0.29) is 5.91 Å². The van der Waals surface area contributed by atoms with Crippen LogP contribution in [0.5, 0.6) is 0 Å². The lowest BCUT2D eigenvalue weighted by atomic mass is 10.1. The van der Waals surface area contributed by atoms with E-state index in [2.05, 4.69) is 28.1 Å².